The lowest BCUT2D eigenvalue weighted by Gasteiger charge is -2.19. The molecule has 0 saturated heterocycles. The number of aromatic nitrogens is 4. The van der Waals surface area contributed by atoms with Crippen LogP contribution in [-0.4, -0.2) is 95.0 Å². The van der Waals surface area contributed by atoms with Crippen molar-refractivity contribution >= 4 is 35.3 Å². The van der Waals surface area contributed by atoms with Gasteiger partial charge in [-0.15, -0.1) is 0 Å². The van der Waals surface area contributed by atoms with Crippen molar-refractivity contribution in [3.05, 3.63) is 98.3 Å². The van der Waals surface area contributed by atoms with Crippen molar-refractivity contribution in [2.24, 2.45) is 0 Å². The van der Waals surface area contributed by atoms with E-state index in [0.29, 0.717) is 35.7 Å². The average molecular weight is 760 g/mol. The first kappa shape index (κ1) is 40.6. The number of fused-ring (bicyclic) bond motifs is 1. The minimum absolute atomic E-state index is 0.131. The van der Waals surface area contributed by atoms with Crippen LogP contribution in [0.4, 0.5) is 4.39 Å². The summed E-state index contributed by atoms with van der Waals surface area (Å²) in [6.07, 6.45) is -1.95. The van der Waals surface area contributed by atoms with Crippen LogP contribution in [0.3, 0.4) is 0 Å². The summed E-state index contributed by atoms with van der Waals surface area (Å²) in [6.45, 7) is 9.50. The van der Waals surface area contributed by atoms with Crippen LogP contribution in [0.5, 0.6) is 0 Å². The molecule has 4 aromatic rings. The zero-order valence-electron chi connectivity index (χ0n) is 29.0. The number of hydrogen-bond donors (Lipinski definition) is 4. The van der Waals surface area contributed by atoms with Gasteiger partial charge in [0.25, 0.3) is 5.56 Å². The molecular weight excluding hydrogens is 717 g/mol. The van der Waals surface area contributed by atoms with E-state index in [-0.39, 0.29) is 11.4 Å². The maximum absolute atomic E-state index is 13.4. The number of carboxylic acid groups (broad SMARTS) is 2. The lowest BCUT2D eigenvalue weighted by atomic mass is 10.1. The summed E-state index contributed by atoms with van der Waals surface area (Å²) in [5.74, 6) is -3.20. The summed E-state index contributed by atoms with van der Waals surface area (Å²) in [5, 5.41) is 38.8. The monoisotopic (exact) mass is 759 g/mol. The van der Waals surface area contributed by atoms with Gasteiger partial charge in [-0.25, -0.2) is 14.0 Å². The Balaban J connectivity index is 0.000000530. The summed E-state index contributed by atoms with van der Waals surface area (Å²) in [5.41, 5.74) is 5.66. The Kier molecular flexibility index (Phi) is 15.4. The van der Waals surface area contributed by atoms with Crippen LogP contribution < -0.4 is 5.56 Å². The third-order valence-corrected chi connectivity index (χ3v) is 9.82. The molecule has 0 amide bonds. The van der Waals surface area contributed by atoms with Crippen LogP contribution >= 0.6 is 23.4 Å². The normalized spacial score (nSPS) is 13.4. The second kappa shape index (κ2) is 19.6. The molecule has 0 aliphatic heterocycles. The van der Waals surface area contributed by atoms with Gasteiger partial charge in [0.2, 0.25) is 0 Å². The fourth-order valence-electron chi connectivity index (χ4n) is 5.56. The molecule has 5 rings (SSSR count). The zero-order valence-corrected chi connectivity index (χ0v) is 30.5. The highest BCUT2D eigenvalue weighted by Crippen LogP contribution is 2.27. The van der Waals surface area contributed by atoms with Gasteiger partial charge in [-0.3, -0.25) is 9.48 Å². The number of rotatable bonds is 17. The molecule has 0 bridgehead atoms. The average Bonchev–Trinajstić information content (AvgIpc) is 3.79. The van der Waals surface area contributed by atoms with Gasteiger partial charge in [-0.05, 0) is 68.2 Å². The Hall–Kier alpha value is -4.12. The molecule has 0 radical (unpaired) electrons. The third kappa shape index (κ3) is 11.2. The standard InChI is InChI=1S/C32H37ClFN5O2S.C4H6O6/c1-3-37(4-2)16-17-39-27(20-29(36-39)24-10-12-25(33)13-11-24)21-41-19-18-38-30-7-5-6-28(30)31(40)35-32(38)42-22-23-8-14-26(34)15-9-23;5-1(3(7)8)2(6)4(9)10/h8-15,20H,3-7,16-19,21-22H2,1-2H3;1-2,5-6H,(H,7,8)(H,9,10)/t;1-,2-/m.1/s1. The van der Waals surface area contributed by atoms with Crippen molar-refractivity contribution in [1.82, 2.24) is 24.2 Å². The number of carboxylic acids is 2. The van der Waals surface area contributed by atoms with Gasteiger partial charge in [0.05, 0.1) is 31.1 Å². The number of aliphatic carboxylic acids is 2. The van der Waals surface area contributed by atoms with Gasteiger partial charge in [0.1, 0.15) is 5.82 Å². The summed E-state index contributed by atoms with van der Waals surface area (Å²) < 4.78 is 23.8. The lowest BCUT2D eigenvalue weighted by molar-refractivity contribution is -0.165. The van der Waals surface area contributed by atoms with Crippen LogP contribution in [0, 0.1) is 5.82 Å². The molecule has 16 heteroatoms. The number of thioether (sulfide) groups is 1. The topological polar surface area (TPSA) is 180 Å². The molecule has 0 unspecified atom stereocenters. The number of ether oxygens (including phenoxy) is 1. The summed E-state index contributed by atoms with van der Waals surface area (Å²) in [4.78, 5) is 39.1. The highest BCUT2D eigenvalue weighted by Gasteiger charge is 2.29. The summed E-state index contributed by atoms with van der Waals surface area (Å²) in [7, 11) is 0. The van der Waals surface area contributed by atoms with E-state index in [1.165, 1.54) is 23.9 Å². The summed E-state index contributed by atoms with van der Waals surface area (Å²) >= 11 is 7.61. The van der Waals surface area contributed by atoms with Crippen molar-refractivity contribution in [1.29, 1.82) is 0 Å². The highest BCUT2D eigenvalue weighted by molar-refractivity contribution is 7.98. The van der Waals surface area contributed by atoms with Crippen molar-refractivity contribution < 1.29 is 39.1 Å². The summed E-state index contributed by atoms with van der Waals surface area (Å²) in [6, 6.07) is 16.3. The van der Waals surface area contributed by atoms with E-state index in [1.54, 1.807) is 12.1 Å². The van der Waals surface area contributed by atoms with Gasteiger partial charge >= 0.3 is 11.9 Å². The van der Waals surface area contributed by atoms with E-state index < -0.39 is 24.1 Å². The lowest BCUT2D eigenvalue weighted by Crippen LogP contribution is -2.39. The Labute approximate surface area is 309 Å². The molecule has 1 aliphatic carbocycles. The molecular formula is C36H43ClFN5O8S. The Morgan fingerprint density at radius 2 is 1.65 bits per heavy atom. The molecule has 52 heavy (non-hydrogen) atoms. The van der Waals surface area contributed by atoms with Gasteiger partial charge in [0.15, 0.2) is 17.4 Å². The molecule has 13 nitrogen and oxygen atoms in total. The SMILES string of the molecule is CCN(CC)CCn1nc(-c2ccc(Cl)cc2)cc1COCCn1c(SCc2ccc(F)cc2)nc(=O)c2c1CCC2.O=C(O)[C@H](O)[C@@H](O)C(=O)O. The molecule has 4 N–H and O–H groups in total. The van der Waals surface area contributed by atoms with E-state index >= 15 is 0 Å². The number of carbonyl (C=O) groups is 2. The molecule has 2 aromatic heterocycles. The Morgan fingerprint density at radius 1 is 1.00 bits per heavy atom. The molecule has 2 atom stereocenters. The molecule has 0 spiro atoms. The number of aliphatic hydroxyl groups is 2. The highest BCUT2D eigenvalue weighted by atomic mass is 35.5. The first-order valence-corrected chi connectivity index (χ1v) is 18.2. The number of aliphatic hydroxyl groups excluding tert-OH is 2. The van der Waals surface area contributed by atoms with E-state index in [0.717, 1.165) is 79.2 Å². The van der Waals surface area contributed by atoms with E-state index in [9.17, 15) is 18.8 Å². The molecule has 2 heterocycles. The molecule has 0 saturated carbocycles. The van der Waals surface area contributed by atoms with E-state index in [4.69, 9.17) is 41.9 Å². The first-order chi connectivity index (χ1) is 24.9. The first-order valence-electron chi connectivity index (χ1n) is 16.9. The van der Waals surface area contributed by atoms with Gasteiger partial charge in [0, 0.05) is 40.7 Å². The van der Waals surface area contributed by atoms with Crippen molar-refractivity contribution in [3.63, 3.8) is 0 Å². The number of halogens is 2. The number of hydrogen-bond acceptors (Lipinski definition) is 10. The van der Waals surface area contributed by atoms with Crippen molar-refractivity contribution in [3.8, 4) is 11.3 Å². The fourth-order valence-corrected chi connectivity index (χ4v) is 6.68. The number of nitrogens with zero attached hydrogens (tertiary/aromatic N) is 5. The fraction of sp³-hybridized carbons (Fsp3) is 0.417. The molecule has 1 aliphatic rings. The maximum atomic E-state index is 13.4. The second-order valence-electron chi connectivity index (χ2n) is 11.9. The van der Waals surface area contributed by atoms with Crippen LogP contribution in [0.25, 0.3) is 11.3 Å². The second-order valence-corrected chi connectivity index (χ2v) is 13.3. The van der Waals surface area contributed by atoms with E-state index in [1.807, 2.05) is 28.9 Å². The molecule has 280 valence electrons. The Morgan fingerprint density at radius 3 is 2.27 bits per heavy atom. The number of likely N-dealkylation sites (N-methyl/N-ethyl adjacent to an activating group) is 1. The van der Waals surface area contributed by atoms with Gasteiger partial charge in [-0.1, -0.05) is 61.5 Å². The minimum atomic E-state index is -2.27. The largest absolute Gasteiger partial charge is 0.479 e. The van der Waals surface area contributed by atoms with Crippen LogP contribution in [0.1, 0.15) is 42.8 Å². The van der Waals surface area contributed by atoms with Crippen molar-refractivity contribution in [2.45, 2.75) is 75.9 Å². The number of benzene rings is 2. The van der Waals surface area contributed by atoms with Crippen LogP contribution in [0.2, 0.25) is 5.02 Å². The maximum Gasteiger partial charge on any atom is 0.335 e. The predicted molar refractivity (Wildman–Crippen MR) is 194 cm³/mol. The predicted octanol–water partition coefficient (Wildman–Crippen LogP) is 4.12. The molecule has 0 fully saturated rings. The minimum Gasteiger partial charge on any atom is -0.479 e. The van der Waals surface area contributed by atoms with Gasteiger partial charge < -0.3 is 34.6 Å². The smallest absolute Gasteiger partial charge is 0.335 e. The van der Waals surface area contributed by atoms with Crippen LogP contribution in [-0.2, 0) is 52.6 Å². The Bertz CT molecular complexity index is 1830. The van der Waals surface area contributed by atoms with Crippen LogP contribution in [0.15, 0.2) is 64.5 Å². The van der Waals surface area contributed by atoms with Gasteiger partial charge in [-0.2, -0.15) is 10.1 Å². The van der Waals surface area contributed by atoms with Crippen molar-refractivity contribution in [2.75, 3.05) is 26.2 Å². The molecule has 2 aromatic carbocycles. The third-order valence-electron chi connectivity index (χ3n) is 8.52. The zero-order chi connectivity index (χ0) is 37.8. The quantitative estimate of drug-likeness (QED) is 0.0689. The van der Waals surface area contributed by atoms with E-state index in [2.05, 4.69) is 34.4 Å².